The van der Waals surface area contributed by atoms with Gasteiger partial charge in [-0.25, -0.2) is 4.72 Å². The van der Waals surface area contributed by atoms with Gasteiger partial charge in [-0.2, -0.15) is 25.9 Å². The molecular weight excluding hydrogens is 289 g/mol. The van der Waals surface area contributed by atoms with Crippen LogP contribution in [0.1, 0.15) is 19.3 Å². The molecule has 0 aliphatic carbocycles. The third-order valence-corrected chi connectivity index (χ3v) is 4.45. The van der Waals surface area contributed by atoms with E-state index in [9.17, 15) is 26.4 Å². The number of rotatable bonds is 5. The zero-order chi connectivity index (χ0) is 14.7. The molecule has 1 heterocycles. The van der Waals surface area contributed by atoms with Crippen LogP contribution in [0.5, 0.6) is 0 Å². The lowest BCUT2D eigenvalue weighted by atomic mass is 9.99. The van der Waals surface area contributed by atoms with Gasteiger partial charge in [0.05, 0.1) is 12.3 Å². The van der Waals surface area contributed by atoms with Crippen LogP contribution >= 0.6 is 0 Å². The first kappa shape index (κ1) is 16.2. The smallest absolute Gasteiger partial charge is 0.390 e. The lowest BCUT2D eigenvalue weighted by Crippen LogP contribution is -2.46. The fourth-order valence-corrected chi connectivity index (χ4v) is 2.99. The van der Waals surface area contributed by atoms with E-state index in [4.69, 9.17) is 5.11 Å². The van der Waals surface area contributed by atoms with Crippen molar-refractivity contribution < 1.29 is 31.5 Å². The number of aliphatic carboxylic acids is 1. The van der Waals surface area contributed by atoms with Gasteiger partial charge in [0.2, 0.25) is 0 Å². The molecule has 0 saturated carbocycles. The van der Waals surface area contributed by atoms with E-state index < -0.39 is 41.2 Å². The summed E-state index contributed by atoms with van der Waals surface area (Å²) in [6, 6.07) is 0. The normalized spacial score (nSPS) is 19.5. The number of halogens is 3. The maximum Gasteiger partial charge on any atom is 0.390 e. The molecule has 0 aromatic heterocycles. The van der Waals surface area contributed by atoms with Gasteiger partial charge in [-0.1, -0.05) is 0 Å². The van der Waals surface area contributed by atoms with Gasteiger partial charge in [-0.15, -0.1) is 0 Å². The van der Waals surface area contributed by atoms with Gasteiger partial charge >= 0.3 is 12.1 Å². The third kappa shape index (κ3) is 5.33. The zero-order valence-electron chi connectivity index (χ0n) is 9.98. The number of alkyl halides is 3. The summed E-state index contributed by atoms with van der Waals surface area (Å²) in [6.07, 6.45) is -5.33. The summed E-state index contributed by atoms with van der Waals surface area (Å²) in [5.74, 6) is -1.58. The van der Waals surface area contributed by atoms with Crippen LogP contribution < -0.4 is 4.72 Å². The Morgan fingerprint density at radius 1 is 1.32 bits per heavy atom. The van der Waals surface area contributed by atoms with E-state index in [1.807, 2.05) is 4.72 Å². The van der Waals surface area contributed by atoms with Crippen molar-refractivity contribution in [2.75, 3.05) is 19.6 Å². The van der Waals surface area contributed by atoms with Gasteiger partial charge in [-0.3, -0.25) is 4.79 Å². The van der Waals surface area contributed by atoms with Crippen LogP contribution in [0.4, 0.5) is 13.2 Å². The maximum atomic E-state index is 11.9. The molecule has 0 bridgehead atoms. The predicted octanol–water partition coefficient (Wildman–Crippen LogP) is 0.570. The molecule has 2 N–H and O–H groups in total. The highest BCUT2D eigenvalue weighted by molar-refractivity contribution is 7.87. The first-order valence-electron chi connectivity index (χ1n) is 5.66. The lowest BCUT2D eigenvalue weighted by Gasteiger charge is -2.29. The summed E-state index contributed by atoms with van der Waals surface area (Å²) >= 11 is 0. The van der Waals surface area contributed by atoms with Crippen molar-refractivity contribution in [2.24, 2.45) is 5.92 Å². The Labute approximate surface area is 108 Å². The van der Waals surface area contributed by atoms with Gasteiger partial charge in [-0.05, 0) is 12.8 Å². The van der Waals surface area contributed by atoms with Gasteiger partial charge < -0.3 is 5.11 Å². The van der Waals surface area contributed by atoms with Gasteiger partial charge in [0.1, 0.15) is 0 Å². The molecule has 1 fully saturated rings. The van der Waals surface area contributed by atoms with Crippen LogP contribution in [0.3, 0.4) is 0 Å². The molecule has 1 aliphatic rings. The molecule has 1 saturated heterocycles. The van der Waals surface area contributed by atoms with Crippen LogP contribution in [0, 0.1) is 5.92 Å². The maximum absolute atomic E-state index is 11.9. The molecule has 1 aliphatic heterocycles. The van der Waals surface area contributed by atoms with Gasteiger partial charge in [0, 0.05) is 19.6 Å². The van der Waals surface area contributed by atoms with E-state index in [2.05, 4.69) is 0 Å². The van der Waals surface area contributed by atoms with Crippen molar-refractivity contribution in [1.82, 2.24) is 9.03 Å². The number of nitrogens with one attached hydrogen (secondary N) is 1. The van der Waals surface area contributed by atoms with Crippen molar-refractivity contribution in [3.05, 3.63) is 0 Å². The molecule has 0 radical (unpaired) electrons. The number of piperidine rings is 1. The number of carboxylic acid groups (broad SMARTS) is 1. The summed E-state index contributed by atoms with van der Waals surface area (Å²) in [5.41, 5.74) is 0. The first-order valence-corrected chi connectivity index (χ1v) is 7.10. The van der Waals surface area contributed by atoms with E-state index in [0.29, 0.717) is 0 Å². The summed E-state index contributed by atoms with van der Waals surface area (Å²) in [7, 11) is -3.96. The van der Waals surface area contributed by atoms with Crippen LogP contribution in [-0.4, -0.2) is 49.6 Å². The van der Waals surface area contributed by atoms with Crippen LogP contribution in [0.2, 0.25) is 0 Å². The third-order valence-electron chi connectivity index (χ3n) is 2.84. The Morgan fingerprint density at radius 3 is 2.26 bits per heavy atom. The van der Waals surface area contributed by atoms with E-state index >= 15 is 0 Å². The Hall–Kier alpha value is -0.870. The highest BCUT2D eigenvalue weighted by Gasteiger charge is 2.32. The van der Waals surface area contributed by atoms with Crippen LogP contribution in [0.25, 0.3) is 0 Å². The van der Waals surface area contributed by atoms with Crippen molar-refractivity contribution in [2.45, 2.75) is 25.4 Å². The van der Waals surface area contributed by atoms with Gasteiger partial charge in [0.15, 0.2) is 0 Å². The molecule has 0 amide bonds. The first-order chi connectivity index (χ1) is 8.62. The molecule has 1 rings (SSSR count). The summed E-state index contributed by atoms with van der Waals surface area (Å²) in [6.45, 7) is -0.721. The van der Waals surface area contributed by atoms with E-state index in [1.165, 1.54) is 0 Å². The molecule has 112 valence electrons. The van der Waals surface area contributed by atoms with Crippen LogP contribution in [0.15, 0.2) is 0 Å². The zero-order valence-corrected chi connectivity index (χ0v) is 10.8. The lowest BCUT2D eigenvalue weighted by molar-refractivity contribution is -0.143. The molecule has 0 aromatic rings. The highest BCUT2D eigenvalue weighted by Crippen LogP contribution is 2.20. The minimum absolute atomic E-state index is 0.00167. The van der Waals surface area contributed by atoms with Crippen molar-refractivity contribution in [1.29, 1.82) is 0 Å². The average Bonchev–Trinajstić information content (AvgIpc) is 2.27. The number of carboxylic acids is 1. The minimum atomic E-state index is -4.42. The Morgan fingerprint density at radius 2 is 1.84 bits per heavy atom. The molecule has 6 nitrogen and oxygen atoms in total. The second-order valence-electron chi connectivity index (χ2n) is 4.28. The van der Waals surface area contributed by atoms with E-state index in [0.717, 1.165) is 4.31 Å². The monoisotopic (exact) mass is 304 g/mol. The molecule has 0 aromatic carbocycles. The summed E-state index contributed by atoms with van der Waals surface area (Å²) < 4.78 is 61.8. The van der Waals surface area contributed by atoms with Crippen molar-refractivity contribution in [3.8, 4) is 0 Å². The Balaban J connectivity index is 2.45. The fourth-order valence-electron chi connectivity index (χ4n) is 1.76. The average molecular weight is 304 g/mol. The molecular formula is C9H15F3N2O4S. The Bertz CT molecular complexity index is 416. The predicted molar refractivity (Wildman–Crippen MR) is 59.5 cm³/mol. The standard InChI is InChI=1S/C9H15F3N2O4S/c10-9(11,12)3-4-13-19(17,18)14-5-1-7(2-6-14)8(15)16/h7,13H,1-6H2,(H,15,16). The SMILES string of the molecule is O=C(O)C1CCN(S(=O)(=O)NCCC(F)(F)F)CC1. The topological polar surface area (TPSA) is 86.7 Å². The Kier molecular flexibility index (Phi) is 5.16. The van der Waals surface area contributed by atoms with Gasteiger partial charge in [0.25, 0.3) is 10.2 Å². The second-order valence-corrected chi connectivity index (χ2v) is 6.03. The van der Waals surface area contributed by atoms with E-state index in [1.54, 1.807) is 0 Å². The van der Waals surface area contributed by atoms with Crippen molar-refractivity contribution in [3.63, 3.8) is 0 Å². The molecule has 0 unspecified atom stereocenters. The molecule has 19 heavy (non-hydrogen) atoms. The van der Waals surface area contributed by atoms with E-state index in [-0.39, 0.29) is 25.9 Å². The molecule has 0 spiro atoms. The number of hydrogen-bond acceptors (Lipinski definition) is 3. The summed E-state index contributed by atoms with van der Waals surface area (Å²) in [5, 5.41) is 8.75. The second kappa shape index (κ2) is 6.06. The highest BCUT2D eigenvalue weighted by atomic mass is 32.2. The minimum Gasteiger partial charge on any atom is -0.481 e. The largest absolute Gasteiger partial charge is 0.481 e. The number of carbonyl (C=O) groups is 1. The fraction of sp³-hybridized carbons (Fsp3) is 0.889. The molecule has 0 atom stereocenters. The quantitative estimate of drug-likeness (QED) is 0.777. The number of hydrogen-bond donors (Lipinski definition) is 2. The van der Waals surface area contributed by atoms with Crippen molar-refractivity contribution >= 4 is 16.2 Å². The molecule has 10 heteroatoms. The number of nitrogens with zero attached hydrogens (tertiary/aromatic N) is 1. The summed E-state index contributed by atoms with van der Waals surface area (Å²) in [4.78, 5) is 10.7. The van der Waals surface area contributed by atoms with Crippen LogP contribution in [-0.2, 0) is 15.0 Å².